The first kappa shape index (κ1) is 16.1. The number of hydrogen-bond donors (Lipinski definition) is 2. The van der Waals surface area contributed by atoms with Crippen LogP contribution in [0.3, 0.4) is 0 Å². The van der Waals surface area contributed by atoms with Crippen LogP contribution in [0.5, 0.6) is 0 Å². The van der Waals surface area contributed by atoms with Gasteiger partial charge in [0.25, 0.3) is 10.0 Å². The van der Waals surface area contributed by atoms with E-state index in [9.17, 15) is 8.42 Å². The van der Waals surface area contributed by atoms with Crippen LogP contribution >= 0.6 is 27.5 Å². The molecule has 4 nitrogen and oxygen atoms in total. The van der Waals surface area contributed by atoms with E-state index in [1.807, 2.05) is 13.8 Å². The summed E-state index contributed by atoms with van der Waals surface area (Å²) in [5, 5.41) is 0.323. The molecule has 0 spiro atoms. The zero-order valence-corrected chi connectivity index (χ0v) is 14.6. The van der Waals surface area contributed by atoms with Crippen molar-refractivity contribution in [3.8, 4) is 0 Å². The van der Waals surface area contributed by atoms with Gasteiger partial charge in [0, 0.05) is 10.2 Å². The lowest BCUT2D eigenvalue weighted by Gasteiger charge is -2.12. The zero-order valence-electron chi connectivity index (χ0n) is 11.4. The second kappa shape index (κ2) is 5.87. The van der Waals surface area contributed by atoms with Gasteiger partial charge in [0.2, 0.25) is 0 Å². The minimum Gasteiger partial charge on any atom is -0.397 e. The number of halogens is 2. The van der Waals surface area contributed by atoms with Crippen LogP contribution < -0.4 is 10.5 Å². The van der Waals surface area contributed by atoms with Crippen molar-refractivity contribution in [2.75, 3.05) is 10.5 Å². The molecule has 0 aliphatic heterocycles. The number of anilines is 2. The average molecular weight is 390 g/mol. The van der Waals surface area contributed by atoms with Crippen LogP contribution in [-0.4, -0.2) is 8.42 Å². The van der Waals surface area contributed by atoms with Gasteiger partial charge >= 0.3 is 0 Å². The van der Waals surface area contributed by atoms with E-state index in [-0.39, 0.29) is 10.6 Å². The number of nitrogen functional groups attached to an aromatic ring is 1. The predicted molar refractivity (Wildman–Crippen MR) is 90.3 cm³/mol. The summed E-state index contributed by atoms with van der Waals surface area (Å²) in [6.45, 7) is 3.80. The van der Waals surface area contributed by atoms with E-state index in [0.717, 1.165) is 15.6 Å². The minimum absolute atomic E-state index is 0.0719. The summed E-state index contributed by atoms with van der Waals surface area (Å²) in [4.78, 5) is 0.0719. The Hall–Kier alpha value is -1.24. The van der Waals surface area contributed by atoms with Crippen LogP contribution in [0, 0.1) is 13.8 Å². The third kappa shape index (κ3) is 3.51. The van der Waals surface area contributed by atoms with Crippen LogP contribution in [0.25, 0.3) is 0 Å². The molecule has 0 amide bonds. The summed E-state index contributed by atoms with van der Waals surface area (Å²) in [6.07, 6.45) is 0. The normalized spacial score (nSPS) is 11.4. The number of rotatable bonds is 3. The van der Waals surface area contributed by atoms with E-state index in [4.69, 9.17) is 17.3 Å². The standard InChI is InChI=1S/C14H14BrClN2O2S/c1-8-5-10(6-9(2)14(8)15)18-21(19,20)11-3-4-12(16)13(17)7-11/h3-7,18H,17H2,1-2H3. The summed E-state index contributed by atoms with van der Waals surface area (Å²) < 4.78 is 28.2. The van der Waals surface area contributed by atoms with Crippen molar-refractivity contribution in [2.45, 2.75) is 18.7 Å². The van der Waals surface area contributed by atoms with Crippen molar-refractivity contribution in [1.29, 1.82) is 0 Å². The minimum atomic E-state index is -3.70. The van der Waals surface area contributed by atoms with Gasteiger partial charge in [-0.3, -0.25) is 4.72 Å². The number of benzene rings is 2. The molecule has 0 saturated heterocycles. The van der Waals surface area contributed by atoms with Crippen LogP contribution in [0.4, 0.5) is 11.4 Å². The Morgan fingerprint density at radius 2 is 1.71 bits per heavy atom. The highest BCUT2D eigenvalue weighted by atomic mass is 79.9. The van der Waals surface area contributed by atoms with E-state index in [0.29, 0.717) is 10.7 Å². The van der Waals surface area contributed by atoms with Crippen molar-refractivity contribution < 1.29 is 8.42 Å². The smallest absolute Gasteiger partial charge is 0.261 e. The van der Waals surface area contributed by atoms with Crippen molar-refractivity contribution in [1.82, 2.24) is 0 Å². The molecule has 7 heteroatoms. The number of aryl methyl sites for hydroxylation is 2. The van der Waals surface area contributed by atoms with Crippen LogP contribution in [0.2, 0.25) is 5.02 Å². The number of nitrogens with two attached hydrogens (primary N) is 1. The summed E-state index contributed by atoms with van der Waals surface area (Å²) in [5.41, 5.74) is 8.27. The first-order valence-corrected chi connectivity index (χ1v) is 8.71. The van der Waals surface area contributed by atoms with Crippen LogP contribution in [-0.2, 0) is 10.0 Å². The predicted octanol–water partition coefficient (Wildman–Crippen LogP) is 4.10. The summed E-state index contributed by atoms with van der Waals surface area (Å²) in [6, 6.07) is 7.73. The van der Waals surface area contributed by atoms with Gasteiger partial charge in [0.1, 0.15) is 0 Å². The molecule has 0 atom stereocenters. The maximum Gasteiger partial charge on any atom is 0.261 e. The fraction of sp³-hybridized carbons (Fsp3) is 0.143. The van der Waals surface area contributed by atoms with Gasteiger partial charge in [-0.15, -0.1) is 0 Å². The topological polar surface area (TPSA) is 72.2 Å². The lowest BCUT2D eigenvalue weighted by Crippen LogP contribution is -2.13. The largest absolute Gasteiger partial charge is 0.397 e. The fourth-order valence-corrected chi connectivity index (χ4v) is 3.33. The van der Waals surface area contributed by atoms with E-state index in [2.05, 4.69) is 20.7 Å². The first-order valence-electron chi connectivity index (χ1n) is 6.05. The molecule has 2 aromatic carbocycles. The van der Waals surface area contributed by atoms with Crippen molar-refractivity contribution in [2.24, 2.45) is 0 Å². The second-order valence-electron chi connectivity index (χ2n) is 4.71. The van der Waals surface area contributed by atoms with Gasteiger partial charge in [-0.25, -0.2) is 8.42 Å². The molecule has 0 aliphatic carbocycles. The fourth-order valence-electron chi connectivity index (χ4n) is 1.91. The third-order valence-electron chi connectivity index (χ3n) is 2.97. The molecule has 0 heterocycles. The van der Waals surface area contributed by atoms with E-state index in [1.165, 1.54) is 18.2 Å². The molecule has 0 aromatic heterocycles. The first-order chi connectivity index (χ1) is 9.70. The maximum atomic E-state index is 12.4. The Balaban J connectivity index is 2.39. The molecule has 0 radical (unpaired) electrons. The molecule has 0 aliphatic rings. The van der Waals surface area contributed by atoms with E-state index < -0.39 is 10.0 Å². The number of nitrogens with one attached hydrogen (secondary N) is 1. The van der Waals surface area contributed by atoms with Gasteiger partial charge < -0.3 is 5.73 Å². The van der Waals surface area contributed by atoms with E-state index >= 15 is 0 Å². The highest BCUT2D eigenvalue weighted by Crippen LogP contribution is 2.28. The SMILES string of the molecule is Cc1cc(NS(=O)(=O)c2ccc(Cl)c(N)c2)cc(C)c1Br. The van der Waals surface area contributed by atoms with E-state index in [1.54, 1.807) is 12.1 Å². The Labute approximate surface area is 137 Å². The van der Waals surface area contributed by atoms with Crippen molar-refractivity contribution >= 4 is 48.9 Å². The third-order valence-corrected chi connectivity index (χ3v) is 5.94. The summed E-state index contributed by atoms with van der Waals surface area (Å²) in [5.74, 6) is 0. The van der Waals surface area contributed by atoms with Crippen molar-refractivity contribution in [3.63, 3.8) is 0 Å². The van der Waals surface area contributed by atoms with Crippen molar-refractivity contribution in [3.05, 3.63) is 51.0 Å². The Morgan fingerprint density at radius 3 is 2.24 bits per heavy atom. The zero-order chi connectivity index (χ0) is 15.8. The number of sulfonamides is 1. The van der Waals surface area contributed by atoms with Gasteiger partial charge in [-0.1, -0.05) is 27.5 Å². The van der Waals surface area contributed by atoms with Crippen LogP contribution in [0.1, 0.15) is 11.1 Å². The molecule has 0 unspecified atom stereocenters. The molecule has 3 N–H and O–H groups in total. The van der Waals surface area contributed by atoms with Gasteiger partial charge in [0.05, 0.1) is 15.6 Å². The Kier molecular flexibility index (Phi) is 4.51. The van der Waals surface area contributed by atoms with Crippen LogP contribution in [0.15, 0.2) is 39.7 Å². The lowest BCUT2D eigenvalue weighted by molar-refractivity contribution is 0.601. The highest BCUT2D eigenvalue weighted by Gasteiger charge is 2.16. The summed E-state index contributed by atoms with van der Waals surface area (Å²) in [7, 11) is -3.70. The molecule has 2 rings (SSSR count). The monoisotopic (exact) mass is 388 g/mol. The molecular formula is C14H14BrClN2O2S. The lowest BCUT2D eigenvalue weighted by atomic mass is 10.1. The van der Waals surface area contributed by atoms with Gasteiger partial charge in [0.15, 0.2) is 0 Å². The quantitative estimate of drug-likeness (QED) is 0.776. The second-order valence-corrected chi connectivity index (χ2v) is 7.60. The highest BCUT2D eigenvalue weighted by molar-refractivity contribution is 9.10. The molecule has 0 fully saturated rings. The maximum absolute atomic E-state index is 12.4. The molecule has 0 bridgehead atoms. The van der Waals surface area contributed by atoms with Gasteiger partial charge in [-0.2, -0.15) is 0 Å². The summed E-state index contributed by atoms with van der Waals surface area (Å²) >= 11 is 9.25. The Bertz CT molecular complexity index is 784. The molecule has 112 valence electrons. The molecule has 21 heavy (non-hydrogen) atoms. The molecule has 2 aromatic rings. The molecular weight excluding hydrogens is 376 g/mol. The average Bonchev–Trinajstić information content (AvgIpc) is 2.38. The van der Waals surface area contributed by atoms with Gasteiger partial charge in [-0.05, 0) is 55.3 Å². The number of hydrogen-bond acceptors (Lipinski definition) is 3. The Morgan fingerprint density at radius 1 is 1.14 bits per heavy atom. The molecule has 0 saturated carbocycles.